The fourth-order valence-electron chi connectivity index (χ4n) is 2.61. The number of hydrogen-bond donors (Lipinski definition) is 0. The van der Waals surface area contributed by atoms with Crippen LogP contribution in [0.2, 0.25) is 0 Å². The highest BCUT2D eigenvalue weighted by Crippen LogP contribution is 2.30. The van der Waals surface area contributed by atoms with Gasteiger partial charge in [0.25, 0.3) is 0 Å². The molecule has 0 saturated heterocycles. The zero-order chi connectivity index (χ0) is 16.1. The van der Waals surface area contributed by atoms with E-state index >= 15 is 0 Å². The van der Waals surface area contributed by atoms with E-state index < -0.39 is 6.29 Å². The molecular weight excluding hydrogens is 290 g/mol. The van der Waals surface area contributed by atoms with Crippen LogP contribution in [-0.4, -0.2) is 26.0 Å². The first-order chi connectivity index (χ1) is 11.3. The van der Waals surface area contributed by atoms with Gasteiger partial charge in [0.15, 0.2) is 6.29 Å². The fraction of sp³-hybridized carbons (Fsp3) is 0.211. The van der Waals surface area contributed by atoms with Gasteiger partial charge in [-0.2, -0.15) is 0 Å². The van der Waals surface area contributed by atoms with E-state index in [2.05, 4.69) is 23.2 Å². The third-order valence-corrected chi connectivity index (χ3v) is 3.69. The molecule has 0 aliphatic carbocycles. The van der Waals surface area contributed by atoms with Crippen molar-refractivity contribution in [3.8, 4) is 11.1 Å². The lowest BCUT2D eigenvalue weighted by Crippen LogP contribution is -2.08. The Morgan fingerprint density at radius 1 is 1.00 bits per heavy atom. The van der Waals surface area contributed by atoms with Crippen molar-refractivity contribution in [2.75, 3.05) is 21.0 Å². The zero-order valence-corrected chi connectivity index (χ0v) is 13.2. The highest BCUT2D eigenvalue weighted by molar-refractivity contribution is 5.96. The van der Waals surface area contributed by atoms with Gasteiger partial charge in [-0.25, -0.2) is 0 Å². The summed E-state index contributed by atoms with van der Waals surface area (Å²) in [6.07, 6.45) is 3.29. The molecule has 0 aliphatic rings. The summed E-state index contributed by atoms with van der Waals surface area (Å²) in [5, 5.41) is 2.20. The largest absolute Gasteiger partial charge is 0.359 e. The summed E-state index contributed by atoms with van der Waals surface area (Å²) in [6.45, 7) is 0.179. The van der Waals surface area contributed by atoms with Crippen molar-refractivity contribution in [2.24, 2.45) is 0 Å². The van der Waals surface area contributed by atoms with E-state index in [1.54, 1.807) is 14.2 Å². The lowest BCUT2D eigenvalue weighted by atomic mass is 9.99. The maximum atomic E-state index is 5.56. The number of fused-ring (bicyclic) bond motifs is 1. The second kappa shape index (κ2) is 7.33. The molecule has 1 heterocycles. The van der Waals surface area contributed by atoms with E-state index in [-0.39, 0.29) is 6.79 Å². The molecule has 4 nitrogen and oxygen atoms in total. The molecule has 3 aromatic rings. The number of ether oxygens (including phenoxy) is 3. The molecule has 1 atom stereocenters. The first-order valence-corrected chi connectivity index (χ1v) is 7.40. The Labute approximate surface area is 135 Å². The van der Waals surface area contributed by atoms with E-state index in [0.29, 0.717) is 0 Å². The SMILES string of the molecule is COCOC(OC)c1ccc2cncc(-c3ccccc3)c2c1. The summed E-state index contributed by atoms with van der Waals surface area (Å²) in [4.78, 5) is 4.35. The molecule has 1 aromatic heterocycles. The first kappa shape index (κ1) is 15.6. The monoisotopic (exact) mass is 309 g/mol. The number of nitrogens with zero attached hydrogens (tertiary/aromatic N) is 1. The minimum Gasteiger partial charge on any atom is -0.359 e. The Hall–Kier alpha value is -2.27. The van der Waals surface area contributed by atoms with Crippen molar-refractivity contribution >= 4 is 10.8 Å². The Morgan fingerprint density at radius 3 is 2.57 bits per heavy atom. The van der Waals surface area contributed by atoms with Gasteiger partial charge >= 0.3 is 0 Å². The van der Waals surface area contributed by atoms with Crippen molar-refractivity contribution in [3.05, 3.63) is 66.5 Å². The van der Waals surface area contributed by atoms with Gasteiger partial charge < -0.3 is 14.2 Å². The van der Waals surface area contributed by atoms with E-state index in [4.69, 9.17) is 14.2 Å². The van der Waals surface area contributed by atoms with Gasteiger partial charge in [-0.15, -0.1) is 0 Å². The first-order valence-electron chi connectivity index (χ1n) is 7.40. The minimum atomic E-state index is -0.462. The van der Waals surface area contributed by atoms with Crippen LogP contribution in [-0.2, 0) is 14.2 Å². The van der Waals surface area contributed by atoms with E-state index in [9.17, 15) is 0 Å². The van der Waals surface area contributed by atoms with Gasteiger partial charge in [-0.05, 0) is 17.0 Å². The predicted octanol–water partition coefficient (Wildman–Crippen LogP) is 4.17. The summed E-state index contributed by atoms with van der Waals surface area (Å²) in [6, 6.07) is 16.3. The molecule has 0 fully saturated rings. The standard InChI is InChI=1S/C19H19NO3/c1-21-13-23-19(22-2)15-8-9-16-11-20-12-18(17(16)10-15)14-6-4-3-5-7-14/h3-12,19H,13H2,1-2H3. The van der Waals surface area contributed by atoms with E-state index in [1.807, 2.05) is 42.7 Å². The van der Waals surface area contributed by atoms with Gasteiger partial charge in [0, 0.05) is 43.1 Å². The molecule has 0 saturated carbocycles. The van der Waals surface area contributed by atoms with Crippen LogP contribution in [0.3, 0.4) is 0 Å². The van der Waals surface area contributed by atoms with Gasteiger partial charge in [0.05, 0.1) is 0 Å². The zero-order valence-electron chi connectivity index (χ0n) is 13.2. The Morgan fingerprint density at radius 2 is 1.83 bits per heavy atom. The number of aromatic nitrogens is 1. The molecule has 23 heavy (non-hydrogen) atoms. The maximum Gasteiger partial charge on any atom is 0.186 e. The van der Waals surface area contributed by atoms with E-state index in [0.717, 1.165) is 27.5 Å². The third kappa shape index (κ3) is 3.40. The van der Waals surface area contributed by atoms with Crippen LogP contribution in [0.15, 0.2) is 60.9 Å². The summed E-state index contributed by atoms with van der Waals surface area (Å²) in [5.41, 5.74) is 3.17. The number of pyridine rings is 1. The van der Waals surface area contributed by atoms with Crippen LogP contribution in [0.25, 0.3) is 21.9 Å². The topological polar surface area (TPSA) is 40.6 Å². The van der Waals surface area contributed by atoms with Crippen molar-refractivity contribution in [3.63, 3.8) is 0 Å². The molecule has 0 amide bonds. The predicted molar refractivity (Wildman–Crippen MR) is 89.9 cm³/mol. The molecule has 2 aromatic carbocycles. The normalized spacial score (nSPS) is 12.4. The minimum absolute atomic E-state index is 0.179. The fourth-order valence-corrected chi connectivity index (χ4v) is 2.61. The second-order valence-corrected chi connectivity index (χ2v) is 5.17. The highest BCUT2D eigenvalue weighted by atomic mass is 16.7. The molecule has 1 unspecified atom stereocenters. The van der Waals surface area contributed by atoms with Crippen LogP contribution < -0.4 is 0 Å². The molecular formula is C19H19NO3. The molecule has 0 bridgehead atoms. The molecule has 0 spiro atoms. The van der Waals surface area contributed by atoms with Crippen LogP contribution in [0.1, 0.15) is 11.9 Å². The maximum absolute atomic E-state index is 5.56. The molecule has 0 radical (unpaired) electrons. The Bertz CT molecular complexity index is 774. The summed E-state index contributed by atoms with van der Waals surface area (Å²) >= 11 is 0. The average molecular weight is 309 g/mol. The molecule has 3 rings (SSSR count). The van der Waals surface area contributed by atoms with Crippen molar-refractivity contribution in [1.82, 2.24) is 4.98 Å². The van der Waals surface area contributed by atoms with Gasteiger partial charge in [0.2, 0.25) is 0 Å². The average Bonchev–Trinajstić information content (AvgIpc) is 2.62. The van der Waals surface area contributed by atoms with Crippen molar-refractivity contribution in [2.45, 2.75) is 6.29 Å². The number of hydrogen-bond acceptors (Lipinski definition) is 4. The Kier molecular flexibility index (Phi) is 4.98. The van der Waals surface area contributed by atoms with Crippen LogP contribution in [0.5, 0.6) is 0 Å². The quantitative estimate of drug-likeness (QED) is 0.641. The molecule has 0 N–H and O–H groups in total. The van der Waals surface area contributed by atoms with Gasteiger partial charge in [-0.1, -0.05) is 42.5 Å². The Balaban J connectivity index is 2.07. The van der Waals surface area contributed by atoms with Crippen molar-refractivity contribution < 1.29 is 14.2 Å². The van der Waals surface area contributed by atoms with Crippen molar-refractivity contribution in [1.29, 1.82) is 0 Å². The summed E-state index contributed by atoms with van der Waals surface area (Å²) in [7, 11) is 3.21. The van der Waals surface area contributed by atoms with Crippen LogP contribution in [0.4, 0.5) is 0 Å². The second-order valence-electron chi connectivity index (χ2n) is 5.17. The third-order valence-electron chi connectivity index (χ3n) is 3.69. The summed E-state index contributed by atoms with van der Waals surface area (Å²) < 4.78 is 15.9. The smallest absolute Gasteiger partial charge is 0.186 e. The lowest BCUT2D eigenvalue weighted by molar-refractivity contribution is -0.180. The van der Waals surface area contributed by atoms with Crippen LogP contribution >= 0.6 is 0 Å². The number of benzene rings is 2. The summed E-state index contributed by atoms with van der Waals surface area (Å²) in [5.74, 6) is 0. The molecule has 118 valence electrons. The number of rotatable bonds is 6. The molecule has 4 heteroatoms. The van der Waals surface area contributed by atoms with E-state index in [1.165, 1.54) is 0 Å². The molecule has 0 aliphatic heterocycles. The lowest BCUT2D eigenvalue weighted by Gasteiger charge is -2.17. The van der Waals surface area contributed by atoms with Gasteiger partial charge in [0.1, 0.15) is 6.79 Å². The van der Waals surface area contributed by atoms with Gasteiger partial charge in [-0.3, -0.25) is 4.98 Å². The van der Waals surface area contributed by atoms with Crippen LogP contribution in [0, 0.1) is 0 Å². The number of methoxy groups -OCH3 is 2. The highest BCUT2D eigenvalue weighted by Gasteiger charge is 2.13.